The van der Waals surface area contributed by atoms with Gasteiger partial charge in [0.05, 0.1) is 0 Å². The van der Waals surface area contributed by atoms with Crippen molar-refractivity contribution >= 4 is 0 Å². The summed E-state index contributed by atoms with van der Waals surface area (Å²) in [5, 5.41) is 10.7. The number of aliphatic hydroxyl groups is 1. The molecular formula is C17H22O2. The topological polar surface area (TPSA) is 33.4 Å². The lowest BCUT2D eigenvalue weighted by Crippen LogP contribution is -2.07. The Labute approximate surface area is 115 Å². The van der Waals surface area contributed by atoms with Crippen LogP contribution in [-0.4, -0.2) is 5.11 Å². The zero-order valence-electron chi connectivity index (χ0n) is 12.6. The molecule has 2 rings (SSSR count). The van der Waals surface area contributed by atoms with Crippen molar-refractivity contribution in [1.82, 2.24) is 0 Å². The van der Waals surface area contributed by atoms with Gasteiger partial charge in [-0.05, 0) is 75.4 Å². The molecule has 1 unspecified atom stereocenters. The third kappa shape index (κ3) is 2.33. The number of aliphatic hydroxyl groups excluding tert-OH is 1. The average Bonchev–Trinajstić information content (AvgIpc) is 2.66. The first kappa shape index (κ1) is 13.9. The van der Waals surface area contributed by atoms with E-state index in [-0.39, 0.29) is 0 Å². The van der Waals surface area contributed by atoms with E-state index in [9.17, 15) is 5.11 Å². The fourth-order valence-electron chi connectivity index (χ4n) is 2.73. The van der Waals surface area contributed by atoms with E-state index in [2.05, 4.69) is 33.8 Å². The summed E-state index contributed by atoms with van der Waals surface area (Å²) in [4.78, 5) is 0. The van der Waals surface area contributed by atoms with Crippen LogP contribution in [0.1, 0.15) is 51.0 Å². The lowest BCUT2D eigenvalue weighted by atomic mass is 9.88. The van der Waals surface area contributed by atoms with Gasteiger partial charge in [-0.15, -0.1) is 0 Å². The maximum atomic E-state index is 10.7. The van der Waals surface area contributed by atoms with Crippen LogP contribution in [0.3, 0.4) is 0 Å². The Morgan fingerprint density at radius 3 is 1.84 bits per heavy atom. The number of hydrogen-bond donors (Lipinski definition) is 1. The van der Waals surface area contributed by atoms with Gasteiger partial charge < -0.3 is 9.52 Å². The molecule has 1 heterocycles. The first-order valence-electron chi connectivity index (χ1n) is 6.65. The summed E-state index contributed by atoms with van der Waals surface area (Å²) in [6, 6.07) is 4.10. The van der Waals surface area contributed by atoms with E-state index >= 15 is 0 Å². The molecule has 1 N–H and O–H groups in total. The molecule has 102 valence electrons. The normalized spacial score (nSPS) is 12.8. The predicted molar refractivity (Wildman–Crippen MR) is 77.6 cm³/mol. The van der Waals surface area contributed by atoms with Gasteiger partial charge in [0.2, 0.25) is 0 Å². The van der Waals surface area contributed by atoms with E-state index < -0.39 is 6.10 Å². The second-order valence-corrected chi connectivity index (χ2v) is 5.45. The van der Waals surface area contributed by atoms with Crippen LogP contribution >= 0.6 is 0 Å². The maximum Gasteiger partial charge on any atom is 0.108 e. The Kier molecular flexibility index (Phi) is 3.55. The summed E-state index contributed by atoms with van der Waals surface area (Å²) in [6.07, 6.45) is -0.615. The zero-order chi connectivity index (χ0) is 14.3. The highest BCUT2D eigenvalue weighted by Gasteiger charge is 2.21. The molecule has 2 nitrogen and oxygen atoms in total. The molecule has 0 aliphatic carbocycles. The van der Waals surface area contributed by atoms with E-state index in [1.165, 1.54) is 11.1 Å². The summed E-state index contributed by atoms with van der Waals surface area (Å²) in [5.74, 6) is 1.63. The molecule has 0 saturated carbocycles. The highest BCUT2D eigenvalue weighted by molar-refractivity contribution is 5.48. The van der Waals surface area contributed by atoms with Gasteiger partial charge in [0.25, 0.3) is 0 Å². The Morgan fingerprint density at radius 2 is 1.42 bits per heavy atom. The van der Waals surface area contributed by atoms with Gasteiger partial charge in [-0.2, -0.15) is 0 Å². The van der Waals surface area contributed by atoms with E-state index in [0.717, 1.165) is 33.8 Å². The number of rotatable bonds is 2. The van der Waals surface area contributed by atoms with Crippen LogP contribution in [0.2, 0.25) is 0 Å². The van der Waals surface area contributed by atoms with Crippen molar-refractivity contribution in [3.63, 3.8) is 0 Å². The van der Waals surface area contributed by atoms with Gasteiger partial charge in [-0.1, -0.05) is 6.07 Å². The standard InChI is InChI=1S/C17H22O2/c1-9-7-10(2)13(5)16(12(9)4)17(18)15-8-11(3)19-14(15)6/h7-8,17-18H,1-6H3. The molecule has 0 amide bonds. The second-order valence-electron chi connectivity index (χ2n) is 5.45. The fourth-order valence-corrected chi connectivity index (χ4v) is 2.73. The molecule has 1 aromatic carbocycles. The van der Waals surface area contributed by atoms with Gasteiger partial charge in [0.15, 0.2) is 0 Å². The first-order valence-corrected chi connectivity index (χ1v) is 6.65. The van der Waals surface area contributed by atoms with Gasteiger partial charge in [0, 0.05) is 5.56 Å². The third-order valence-corrected chi connectivity index (χ3v) is 4.07. The van der Waals surface area contributed by atoms with Gasteiger partial charge >= 0.3 is 0 Å². The molecule has 19 heavy (non-hydrogen) atoms. The van der Waals surface area contributed by atoms with E-state index in [0.29, 0.717) is 0 Å². The summed E-state index contributed by atoms with van der Waals surface area (Å²) in [5.41, 5.74) is 6.64. The SMILES string of the molecule is Cc1cc(C(O)c2c(C)c(C)cc(C)c2C)c(C)o1. The van der Waals surface area contributed by atoms with Crippen LogP contribution in [0.15, 0.2) is 16.5 Å². The van der Waals surface area contributed by atoms with Crippen molar-refractivity contribution in [3.05, 3.63) is 57.0 Å². The van der Waals surface area contributed by atoms with Crippen LogP contribution in [0, 0.1) is 41.5 Å². The number of benzene rings is 1. The monoisotopic (exact) mass is 258 g/mol. The highest BCUT2D eigenvalue weighted by atomic mass is 16.3. The smallest absolute Gasteiger partial charge is 0.108 e. The van der Waals surface area contributed by atoms with Crippen LogP contribution in [0.25, 0.3) is 0 Å². The van der Waals surface area contributed by atoms with Crippen LogP contribution < -0.4 is 0 Å². The van der Waals surface area contributed by atoms with Crippen molar-refractivity contribution in [2.45, 2.75) is 47.6 Å². The Morgan fingerprint density at radius 1 is 0.895 bits per heavy atom. The van der Waals surface area contributed by atoms with Crippen molar-refractivity contribution in [2.75, 3.05) is 0 Å². The lowest BCUT2D eigenvalue weighted by molar-refractivity contribution is 0.216. The average molecular weight is 258 g/mol. The number of hydrogen-bond acceptors (Lipinski definition) is 2. The van der Waals surface area contributed by atoms with Crippen LogP contribution in [0.5, 0.6) is 0 Å². The fraction of sp³-hybridized carbons (Fsp3) is 0.412. The molecule has 0 aliphatic rings. The van der Waals surface area contributed by atoms with Crippen molar-refractivity contribution < 1.29 is 9.52 Å². The zero-order valence-corrected chi connectivity index (χ0v) is 12.6. The molecule has 0 bridgehead atoms. The maximum absolute atomic E-state index is 10.7. The molecule has 0 fully saturated rings. The Balaban J connectivity index is 2.62. The molecule has 0 radical (unpaired) electrons. The Bertz CT molecular complexity index is 594. The molecule has 0 aliphatic heterocycles. The molecule has 0 spiro atoms. The molecule has 2 aromatic rings. The minimum Gasteiger partial charge on any atom is -0.466 e. The molecule has 1 atom stereocenters. The third-order valence-electron chi connectivity index (χ3n) is 4.07. The van der Waals surface area contributed by atoms with Gasteiger partial charge in [0.1, 0.15) is 17.6 Å². The molecule has 2 heteroatoms. The predicted octanol–water partition coefficient (Wildman–Crippen LogP) is 4.21. The number of furan rings is 1. The molecule has 1 aromatic heterocycles. The minimum absolute atomic E-state index is 0.615. The van der Waals surface area contributed by atoms with Gasteiger partial charge in [-0.25, -0.2) is 0 Å². The first-order chi connectivity index (χ1) is 8.82. The minimum atomic E-state index is -0.615. The van der Waals surface area contributed by atoms with Crippen molar-refractivity contribution in [2.24, 2.45) is 0 Å². The van der Waals surface area contributed by atoms with Crippen LogP contribution in [0.4, 0.5) is 0 Å². The van der Waals surface area contributed by atoms with E-state index in [1.807, 2.05) is 19.9 Å². The van der Waals surface area contributed by atoms with Crippen molar-refractivity contribution in [3.8, 4) is 0 Å². The molecular weight excluding hydrogens is 236 g/mol. The Hall–Kier alpha value is -1.54. The summed E-state index contributed by atoms with van der Waals surface area (Å²) >= 11 is 0. The van der Waals surface area contributed by atoms with Crippen molar-refractivity contribution in [1.29, 1.82) is 0 Å². The van der Waals surface area contributed by atoms with E-state index in [1.54, 1.807) is 0 Å². The molecule has 0 saturated heterocycles. The van der Waals surface area contributed by atoms with Gasteiger partial charge in [-0.3, -0.25) is 0 Å². The second kappa shape index (κ2) is 4.86. The summed E-state index contributed by atoms with van der Waals surface area (Å²) in [6.45, 7) is 12.1. The largest absolute Gasteiger partial charge is 0.466 e. The lowest BCUT2D eigenvalue weighted by Gasteiger charge is -2.20. The van der Waals surface area contributed by atoms with Crippen LogP contribution in [-0.2, 0) is 0 Å². The summed E-state index contributed by atoms with van der Waals surface area (Å²) in [7, 11) is 0. The summed E-state index contributed by atoms with van der Waals surface area (Å²) < 4.78 is 5.54. The number of aryl methyl sites for hydroxylation is 4. The highest BCUT2D eigenvalue weighted by Crippen LogP contribution is 2.33. The van der Waals surface area contributed by atoms with E-state index in [4.69, 9.17) is 4.42 Å². The quantitative estimate of drug-likeness (QED) is 0.875.